The molecule has 19 heavy (non-hydrogen) atoms. The smallest absolute Gasteiger partial charge is 0.339 e. The van der Waals surface area contributed by atoms with Gasteiger partial charge in [-0.2, -0.15) is 0 Å². The van der Waals surface area contributed by atoms with Crippen LogP contribution in [0.15, 0.2) is 12.1 Å². The molecular formula is C13H15FO5. The van der Waals surface area contributed by atoms with Gasteiger partial charge in [0.2, 0.25) is 0 Å². The number of benzene rings is 1. The Bertz CT molecular complexity index is 474. The number of aliphatic hydroxyl groups excluding tert-OH is 1. The second-order valence-electron chi connectivity index (χ2n) is 4.00. The number of hydrogen-bond donors (Lipinski definition) is 1. The maximum Gasteiger partial charge on any atom is 0.339 e. The number of halogens is 1. The van der Waals surface area contributed by atoms with E-state index in [1.54, 1.807) is 6.92 Å². The molecule has 1 unspecified atom stereocenters. The Kier molecular flexibility index (Phi) is 4.21. The van der Waals surface area contributed by atoms with Crippen molar-refractivity contribution in [2.75, 3.05) is 19.8 Å². The van der Waals surface area contributed by atoms with E-state index in [1.165, 1.54) is 6.07 Å². The highest BCUT2D eigenvalue weighted by molar-refractivity contribution is 5.78. The van der Waals surface area contributed by atoms with E-state index >= 15 is 0 Å². The fraction of sp³-hybridized carbons (Fsp3) is 0.462. The summed E-state index contributed by atoms with van der Waals surface area (Å²) in [6.07, 6.45) is -0.917. The highest BCUT2D eigenvalue weighted by Crippen LogP contribution is 2.39. The second-order valence-corrected chi connectivity index (χ2v) is 4.00. The SMILES string of the molecule is CCOC(=O)C(O)c1ccc(F)c2c1OCCCO2. The van der Waals surface area contributed by atoms with Crippen molar-refractivity contribution >= 4 is 5.97 Å². The largest absolute Gasteiger partial charge is 0.489 e. The summed E-state index contributed by atoms with van der Waals surface area (Å²) < 4.78 is 29.0. The van der Waals surface area contributed by atoms with E-state index < -0.39 is 17.9 Å². The minimum Gasteiger partial charge on any atom is -0.489 e. The molecule has 1 aromatic rings. The van der Waals surface area contributed by atoms with Crippen LogP contribution in [-0.2, 0) is 9.53 Å². The zero-order chi connectivity index (χ0) is 13.8. The lowest BCUT2D eigenvalue weighted by Gasteiger charge is -2.16. The molecule has 5 nitrogen and oxygen atoms in total. The third kappa shape index (κ3) is 2.78. The van der Waals surface area contributed by atoms with Crippen LogP contribution >= 0.6 is 0 Å². The Balaban J connectivity index is 2.38. The molecule has 1 aromatic carbocycles. The Labute approximate surface area is 109 Å². The molecule has 2 rings (SSSR count). The number of carbonyl (C=O) groups is 1. The molecule has 0 bridgehead atoms. The van der Waals surface area contributed by atoms with Gasteiger partial charge in [0.1, 0.15) is 0 Å². The zero-order valence-electron chi connectivity index (χ0n) is 10.5. The summed E-state index contributed by atoms with van der Waals surface area (Å²) in [5.74, 6) is -1.39. The fourth-order valence-corrected chi connectivity index (χ4v) is 1.81. The molecule has 0 saturated heterocycles. The van der Waals surface area contributed by atoms with E-state index in [2.05, 4.69) is 0 Å². The summed E-state index contributed by atoms with van der Waals surface area (Å²) in [7, 11) is 0. The van der Waals surface area contributed by atoms with E-state index in [4.69, 9.17) is 14.2 Å². The Morgan fingerprint density at radius 3 is 2.79 bits per heavy atom. The lowest BCUT2D eigenvalue weighted by Crippen LogP contribution is -2.16. The van der Waals surface area contributed by atoms with Crippen molar-refractivity contribution in [3.05, 3.63) is 23.5 Å². The summed E-state index contributed by atoms with van der Waals surface area (Å²) in [5, 5.41) is 9.93. The number of esters is 1. The molecule has 1 atom stereocenters. The van der Waals surface area contributed by atoms with E-state index in [0.29, 0.717) is 19.6 Å². The average Bonchev–Trinajstić information content (AvgIpc) is 2.65. The molecule has 1 heterocycles. The van der Waals surface area contributed by atoms with Crippen LogP contribution in [0.2, 0.25) is 0 Å². The van der Waals surface area contributed by atoms with Crippen molar-refractivity contribution < 1.29 is 28.5 Å². The van der Waals surface area contributed by atoms with Gasteiger partial charge < -0.3 is 19.3 Å². The predicted octanol–water partition coefficient (Wildman–Crippen LogP) is 1.58. The highest BCUT2D eigenvalue weighted by atomic mass is 19.1. The molecule has 1 N–H and O–H groups in total. The Hall–Kier alpha value is -1.82. The first-order valence-corrected chi connectivity index (χ1v) is 6.07. The van der Waals surface area contributed by atoms with Crippen molar-refractivity contribution in [2.24, 2.45) is 0 Å². The fourth-order valence-electron chi connectivity index (χ4n) is 1.81. The molecule has 0 spiro atoms. The van der Waals surface area contributed by atoms with Crippen LogP contribution in [0.5, 0.6) is 11.5 Å². The van der Waals surface area contributed by atoms with E-state index in [0.717, 1.165) is 6.07 Å². The van der Waals surface area contributed by atoms with Crippen molar-refractivity contribution in [3.8, 4) is 11.5 Å². The molecule has 6 heteroatoms. The van der Waals surface area contributed by atoms with Crippen LogP contribution < -0.4 is 9.47 Å². The van der Waals surface area contributed by atoms with Crippen LogP contribution in [0, 0.1) is 5.82 Å². The summed E-state index contributed by atoms with van der Waals surface area (Å²) in [6, 6.07) is 2.43. The maximum atomic E-state index is 13.6. The van der Waals surface area contributed by atoms with E-state index in [1.807, 2.05) is 0 Å². The highest BCUT2D eigenvalue weighted by Gasteiger charge is 2.28. The van der Waals surface area contributed by atoms with E-state index in [-0.39, 0.29) is 23.7 Å². The minimum absolute atomic E-state index is 0.0676. The lowest BCUT2D eigenvalue weighted by atomic mass is 10.1. The molecule has 1 aliphatic rings. The van der Waals surface area contributed by atoms with Gasteiger partial charge in [-0.3, -0.25) is 0 Å². The van der Waals surface area contributed by atoms with Gasteiger partial charge in [-0.15, -0.1) is 0 Å². The van der Waals surface area contributed by atoms with Crippen LogP contribution in [0.3, 0.4) is 0 Å². The number of rotatable bonds is 3. The third-order valence-corrected chi connectivity index (χ3v) is 2.68. The quantitative estimate of drug-likeness (QED) is 0.845. The minimum atomic E-state index is -1.52. The lowest BCUT2D eigenvalue weighted by molar-refractivity contribution is -0.153. The summed E-state index contributed by atoms with van der Waals surface area (Å²) in [4.78, 5) is 11.5. The van der Waals surface area contributed by atoms with Gasteiger partial charge in [0, 0.05) is 12.0 Å². The number of aliphatic hydroxyl groups is 1. The standard InChI is InChI=1S/C13H15FO5/c1-2-17-13(16)10(15)8-4-5-9(14)12-11(8)18-6-3-7-19-12/h4-5,10,15H,2-3,6-7H2,1H3. The van der Waals surface area contributed by atoms with Crippen molar-refractivity contribution in [3.63, 3.8) is 0 Å². The van der Waals surface area contributed by atoms with Crippen molar-refractivity contribution in [1.82, 2.24) is 0 Å². The van der Waals surface area contributed by atoms with E-state index in [9.17, 15) is 14.3 Å². The number of carbonyl (C=O) groups excluding carboxylic acids is 1. The van der Waals surface area contributed by atoms with Gasteiger partial charge in [0.25, 0.3) is 0 Å². The average molecular weight is 270 g/mol. The molecule has 104 valence electrons. The van der Waals surface area contributed by atoms with Gasteiger partial charge in [0.15, 0.2) is 23.4 Å². The normalized spacial score (nSPS) is 15.5. The zero-order valence-corrected chi connectivity index (χ0v) is 10.5. The first-order chi connectivity index (χ1) is 9.15. The number of hydrogen-bond acceptors (Lipinski definition) is 5. The number of fused-ring (bicyclic) bond motifs is 1. The van der Waals surface area contributed by atoms with Crippen LogP contribution in [0.1, 0.15) is 25.0 Å². The summed E-state index contributed by atoms with van der Waals surface area (Å²) >= 11 is 0. The molecule has 1 aliphatic heterocycles. The van der Waals surface area contributed by atoms with Gasteiger partial charge in [0.05, 0.1) is 19.8 Å². The molecule has 0 radical (unpaired) electrons. The number of ether oxygens (including phenoxy) is 3. The monoisotopic (exact) mass is 270 g/mol. The van der Waals surface area contributed by atoms with Gasteiger partial charge in [-0.1, -0.05) is 0 Å². The van der Waals surface area contributed by atoms with Gasteiger partial charge >= 0.3 is 5.97 Å². The second kappa shape index (κ2) is 5.88. The third-order valence-electron chi connectivity index (χ3n) is 2.68. The van der Waals surface area contributed by atoms with Crippen molar-refractivity contribution in [1.29, 1.82) is 0 Å². The first kappa shape index (κ1) is 13.6. The Morgan fingerprint density at radius 1 is 1.42 bits per heavy atom. The summed E-state index contributed by atoms with van der Waals surface area (Å²) in [6.45, 7) is 2.44. The molecular weight excluding hydrogens is 255 g/mol. The summed E-state index contributed by atoms with van der Waals surface area (Å²) in [5.41, 5.74) is 0.150. The maximum absolute atomic E-state index is 13.6. The van der Waals surface area contributed by atoms with Crippen LogP contribution in [0.25, 0.3) is 0 Å². The first-order valence-electron chi connectivity index (χ1n) is 6.07. The van der Waals surface area contributed by atoms with Gasteiger partial charge in [-0.05, 0) is 19.1 Å². The molecule has 0 amide bonds. The van der Waals surface area contributed by atoms with Crippen LogP contribution in [-0.4, -0.2) is 30.9 Å². The molecule has 0 aliphatic carbocycles. The van der Waals surface area contributed by atoms with Gasteiger partial charge in [-0.25, -0.2) is 9.18 Å². The van der Waals surface area contributed by atoms with Crippen LogP contribution in [0.4, 0.5) is 4.39 Å². The topological polar surface area (TPSA) is 65.0 Å². The van der Waals surface area contributed by atoms with Crippen molar-refractivity contribution in [2.45, 2.75) is 19.4 Å². The predicted molar refractivity (Wildman–Crippen MR) is 63.6 cm³/mol. The molecule has 0 saturated carbocycles. The molecule has 0 aromatic heterocycles. The molecule has 0 fully saturated rings. The Morgan fingerprint density at radius 2 is 2.11 bits per heavy atom.